The van der Waals surface area contributed by atoms with E-state index in [0.717, 1.165) is 52.9 Å². The van der Waals surface area contributed by atoms with Crippen molar-refractivity contribution in [1.82, 2.24) is 14.9 Å². The standard InChI is InChI=1S/C20H23N3OS/c1-14-13-25-19(21-14)20(9-5-6-10-20)22-18(24)11-15-12-23(2)17-8-4-3-7-16(15)17/h3-4,7-8,12-13H,5-6,9-11H2,1-2H3,(H,22,24). The molecule has 1 saturated carbocycles. The van der Waals surface area contributed by atoms with Gasteiger partial charge in [-0.05, 0) is 31.4 Å². The van der Waals surface area contributed by atoms with Gasteiger partial charge < -0.3 is 9.88 Å². The quantitative estimate of drug-likeness (QED) is 0.768. The van der Waals surface area contributed by atoms with Crippen LogP contribution in [0.15, 0.2) is 35.8 Å². The van der Waals surface area contributed by atoms with Gasteiger partial charge in [-0.1, -0.05) is 31.0 Å². The number of aromatic nitrogens is 2. The molecule has 0 aliphatic heterocycles. The Morgan fingerprint density at radius 3 is 2.80 bits per heavy atom. The second-order valence-corrected chi connectivity index (χ2v) is 7.95. The van der Waals surface area contributed by atoms with Crippen LogP contribution in [-0.4, -0.2) is 15.5 Å². The van der Waals surface area contributed by atoms with Crippen molar-refractivity contribution in [3.8, 4) is 0 Å². The molecule has 1 fully saturated rings. The highest BCUT2D eigenvalue weighted by Crippen LogP contribution is 2.40. The Morgan fingerprint density at radius 2 is 2.08 bits per heavy atom. The molecule has 0 unspecified atom stereocenters. The number of rotatable bonds is 4. The van der Waals surface area contributed by atoms with Crippen molar-refractivity contribution in [2.24, 2.45) is 7.05 Å². The molecule has 0 radical (unpaired) electrons. The van der Waals surface area contributed by atoms with Crippen LogP contribution in [0.1, 0.15) is 41.9 Å². The number of carbonyl (C=O) groups is 1. The summed E-state index contributed by atoms with van der Waals surface area (Å²) in [6.45, 7) is 2.01. The minimum Gasteiger partial charge on any atom is -0.350 e. The second-order valence-electron chi connectivity index (χ2n) is 7.09. The highest BCUT2D eigenvalue weighted by atomic mass is 32.1. The van der Waals surface area contributed by atoms with Gasteiger partial charge in [0.15, 0.2) is 0 Å². The molecule has 5 heteroatoms. The minimum atomic E-state index is -0.263. The van der Waals surface area contributed by atoms with E-state index in [4.69, 9.17) is 0 Å². The Balaban J connectivity index is 1.58. The number of nitrogens with one attached hydrogen (secondary N) is 1. The van der Waals surface area contributed by atoms with Gasteiger partial charge in [0, 0.05) is 35.2 Å². The molecule has 25 heavy (non-hydrogen) atoms. The molecule has 1 aromatic carbocycles. The molecule has 1 N–H and O–H groups in total. The molecular formula is C20H23N3OS. The summed E-state index contributed by atoms with van der Waals surface area (Å²) in [4.78, 5) is 17.5. The first-order valence-electron chi connectivity index (χ1n) is 8.84. The van der Waals surface area contributed by atoms with E-state index < -0.39 is 0 Å². The highest BCUT2D eigenvalue weighted by molar-refractivity contribution is 7.09. The molecule has 1 aliphatic rings. The lowest BCUT2D eigenvalue weighted by atomic mass is 9.97. The molecule has 0 spiro atoms. The summed E-state index contributed by atoms with van der Waals surface area (Å²) in [5.74, 6) is 0.0890. The van der Waals surface area contributed by atoms with Crippen LogP contribution >= 0.6 is 11.3 Å². The zero-order valence-electron chi connectivity index (χ0n) is 14.7. The Labute approximate surface area is 151 Å². The Bertz CT molecular complexity index is 918. The van der Waals surface area contributed by atoms with Gasteiger partial charge in [0.1, 0.15) is 5.01 Å². The maximum Gasteiger partial charge on any atom is 0.225 e. The number of nitrogens with zero attached hydrogens (tertiary/aromatic N) is 2. The number of para-hydroxylation sites is 1. The fourth-order valence-corrected chi connectivity index (χ4v) is 5.01. The summed E-state index contributed by atoms with van der Waals surface area (Å²) in [5.41, 5.74) is 3.02. The summed E-state index contributed by atoms with van der Waals surface area (Å²) < 4.78 is 2.09. The number of hydrogen-bond acceptors (Lipinski definition) is 3. The third kappa shape index (κ3) is 2.97. The summed E-state index contributed by atoms with van der Waals surface area (Å²) in [5, 5.41) is 7.64. The normalized spacial score (nSPS) is 16.4. The lowest BCUT2D eigenvalue weighted by Crippen LogP contribution is -2.44. The van der Waals surface area contributed by atoms with Gasteiger partial charge in [-0.2, -0.15) is 0 Å². The van der Waals surface area contributed by atoms with Crippen LogP contribution in [-0.2, 0) is 23.8 Å². The number of carbonyl (C=O) groups excluding carboxylic acids is 1. The fourth-order valence-electron chi connectivity index (χ4n) is 4.00. The molecule has 2 aromatic heterocycles. The summed E-state index contributed by atoms with van der Waals surface area (Å²) >= 11 is 1.67. The van der Waals surface area contributed by atoms with E-state index in [1.165, 1.54) is 0 Å². The van der Waals surface area contributed by atoms with Crippen LogP contribution in [0.4, 0.5) is 0 Å². The van der Waals surface area contributed by atoms with Crippen molar-refractivity contribution < 1.29 is 4.79 Å². The minimum absolute atomic E-state index is 0.0890. The van der Waals surface area contributed by atoms with Crippen LogP contribution in [0.25, 0.3) is 10.9 Å². The van der Waals surface area contributed by atoms with Crippen molar-refractivity contribution in [2.75, 3.05) is 0 Å². The lowest BCUT2D eigenvalue weighted by molar-refractivity contribution is -0.122. The summed E-state index contributed by atoms with van der Waals surface area (Å²) in [6.07, 6.45) is 6.75. The van der Waals surface area contributed by atoms with E-state index in [9.17, 15) is 4.79 Å². The molecule has 0 bridgehead atoms. The summed E-state index contributed by atoms with van der Waals surface area (Å²) in [7, 11) is 2.03. The van der Waals surface area contributed by atoms with Gasteiger partial charge in [-0.3, -0.25) is 4.79 Å². The predicted octanol–water partition coefficient (Wildman–Crippen LogP) is 4.07. The molecule has 4 nitrogen and oxygen atoms in total. The molecular weight excluding hydrogens is 330 g/mol. The van der Waals surface area contributed by atoms with E-state index in [1.807, 2.05) is 26.1 Å². The van der Waals surface area contributed by atoms with Gasteiger partial charge in [0.2, 0.25) is 5.91 Å². The molecule has 0 saturated heterocycles. The number of thiazole rings is 1. The van der Waals surface area contributed by atoms with E-state index in [2.05, 4.69) is 38.6 Å². The maximum absolute atomic E-state index is 12.9. The third-order valence-electron chi connectivity index (χ3n) is 5.19. The van der Waals surface area contributed by atoms with Gasteiger partial charge in [-0.15, -0.1) is 11.3 Å². The number of hydrogen-bond donors (Lipinski definition) is 1. The highest BCUT2D eigenvalue weighted by Gasteiger charge is 2.39. The summed E-state index contributed by atoms with van der Waals surface area (Å²) in [6, 6.07) is 8.24. The van der Waals surface area contributed by atoms with Crippen molar-refractivity contribution in [3.05, 3.63) is 52.1 Å². The topological polar surface area (TPSA) is 46.9 Å². The van der Waals surface area contributed by atoms with Crippen LogP contribution in [0.5, 0.6) is 0 Å². The van der Waals surface area contributed by atoms with Crippen molar-refractivity contribution in [2.45, 2.75) is 44.6 Å². The van der Waals surface area contributed by atoms with Crippen LogP contribution in [0.3, 0.4) is 0 Å². The van der Waals surface area contributed by atoms with Crippen LogP contribution < -0.4 is 5.32 Å². The van der Waals surface area contributed by atoms with E-state index in [-0.39, 0.29) is 11.4 Å². The zero-order valence-corrected chi connectivity index (χ0v) is 15.5. The van der Waals surface area contributed by atoms with Crippen molar-refractivity contribution >= 4 is 28.1 Å². The second kappa shape index (κ2) is 6.30. The molecule has 1 aliphatic carbocycles. The molecule has 1 amide bonds. The zero-order chi connectivity index (χ0) is 17.4. The molecule has 0 atom stereocenters. The van der Waals surface area contributed by atoms with E-state index in [1.54, 1.807) is 11.3 Å². The number of aryl methyl sites for hydroxylation is 2. The van der Waals surface area contributed by atoms with Crippen molar-refractivity contribution in [3.63, 3.8) is 0 Å². The van der Waals surface area contributed by atoms with Gasteiger partial charge in [0.25, 0.3) is 0 Å². The molecule has 3 aromatic rings. The van der Waals surface area contributed by atoms with E-state index >= 15 is 0 Å². The Morgan fingerprint density at radius 1 is 1.32 bits per heavy atom. The average Bonchev–Trinajstić information content (AvgIpc) is 3.30. The number of benzene rings is 1. The Hall–Kier alpha value is -2.14. The first-order chi connectivity index (χ1) is 12.1. The first-order valence-corrected chi connectivity index (χ1v) is 9.72. The van der Waals surface area contributed by atoms with E-state index in [0.29, 0.717) is 6.42 Å². The van der Waals surface area contributed by atoms with Gasteiger partial charge in [-0.25, -0.2) is 4.98 Å². The largest absolute Gasteiger partial charge is 0.350 e. The predicted molar refractivity (Wildman–Crippen MR) is 102 cm³/mol. The molecule has 130 valence electrons. The molecule has 2 heterocycles. The smallest absolute Gasteiger partial charge is 0.225 e. The van der Waals surface area contributed by atoms with Gasteiger partial charge >= 0.3 is 0 Å². The first kappa shape index (κ1) is 16.3. The fraction of sp³-hybridized carbons (Fsp3) is 0.400. The SMILES string of the molecule is Cc1csc(C2(NC(=O)Cc3cn(C)c4ccccc34)CCCC2)n1. The van der Waals surface area contributed by atoms with Gasteiger partial charge in [0.05, 0.1) is 12.0 Å². The number of fused-ring (bicyclic) bond motifs is 1. The monoisotopic (exact) mass is 353 g/mol. The molecule has 4 rings (SSSR count). The van der Waals surface area contributed by atoms with Crippen LogP contribution in [0.2, 0.25) is 0 Å². The number of amides is 1. The van der Waals surface area contributed by atoms with Crippen LogP contribution in [0, 0.1) is 6.92 Å². The maximum atomic E-state index is 12.9. The lowest BCUT2D eigenvalue weighted by Gasteiger charge is -2.28. The Kier molecular flexibility index (Phi) is 4.12. The van der Waals surface area contributed by atoms with Crippen molar-refractivity contribution in [1.29, 1.82) is 0 Å². The average molecular weight is 353 g/mol. The third-order valence-corrected chi connectivity index (χ3v) is 6.36.